The monoisotopic (exact) mass is 392 g/mol. The second-order valence-electron chi connectivity index (χ2n) is 5.89. The molecule has 1 aromatic rings. The molecule has 1 saturated heterocycles. The zero-order valence-electron chi connectivity index (χ0n) is 14.9. The van der Waals surface area contributed by atoms with Crippen molar-refractivity contribution in [3.8, 4) is 17.2 Å². The van der Waals surface area contributed by atoms with E-state index in [1.807, 2.05) is 0 Å². The molecule has 0 aromatic heterocycles. The first-order chi connectivity index (χ1) is 12.5. The van der Waals surface area contributed by atoms with Gasteiger partial charge >= 0.3 is 12.2 Å². The summed E-state index contributed by atoms with van der Waals surface area (Å²) in [5.74, 6) is -2.65. The van der Waals surface area contributed by atoms with E-state index < -0.39 is 35.7 Å². The summed E-state index contributed by atoms with van der Waals surface area (Å²) in [6, 6.07) is -0.197. The second kappa shape index (κ2) is 7.14. The minimum Gasteiger partial charge on any atom is -0.493 e. The van der Waals surface area contributed by atoms with E-state index in [4.69, 9.17) is 14.2 Å². The SMILES string of the molecule is COc1cc([C@H]2NC(=O)N[C@](O)(C(F)(F)F)[C@H]2C(C)=O)cc(OC)c1OC. The lowest BCUT2D eigenvalue weighted by atomic mass is 9.79. The van der Waals surface area contributed by atoms with Gasteiger partial charge in [0.25, 0.3) is 0 Å². The van der Waals surface area contributed by atoms with Gasteiger partial charge in [0, 0.05) is 0 Å². The molecule has 0 saturated carbocycles. The van der Waals surface area contributed by atoms with Gasteiger partial charge in [-0.3, -0.25) is 4.79 Å². The van der Waals surface area contributed by atoms with Crippen LogP contribution in [-0.4, -0.2) is 50.2 Å². The third-order valence-corrected chi connectivity index (χ3v) is 4.29. The number of Topliss-reactive ketones (excluding diaryl/α,β-unsaturated/α-hetero) is 1. The number of hydrogen-bond acceptors (Lipinski definition) is 6. The molecule has 11 heteroatoms. The average molecular weight is 392 g/mol. The highest BCUT2D eigenvalue weighted by atomic mass is 19.4. The molecule has 0 bridgehead atoms. The van der Waals surface area contributed by atoms with Crippen LogP contribution in [0.15, 0.2) is 12.1 Å². The highest BCUT2D eigenvalue weighted by Gasteiger charge is 2.65. The van der Waals surface area contributed by atoms with Crippen LogP contribution in [0, 0.1) is 5.92 Å². The molecular weight excluding hydrogens is 373 g/mol. The van der Waals surface area contributed by atoms with Gasteiger partial charge in [0.05, 0.1) is 33.3 Å². The lowest BCUT2D eigenvalue weighted by molar-refractivity contribution is -0.290. The van der Waals surface area contributed by atoms with Crippen molar-refractivity contribution in [1.82, 2.24) is 10.6 Å². The van der Waals surface area contributed by atoms with E-state index in [-0.39, 0.29) is 22.8 Å². The number of alkyl halides is 3. The standard InChI is InChI=1S/C16H19F3N2O6/c1-7(22)11-12(20-14(23)21-15(11,24)16(17,18)19)8-5-9(25-2)13(27-4)10(6-8)26-3/h5-6,11-12,24H,1-4H3,(H2,20,21,23)/t11-,12+,15+/m0/s1. The van der Waals surface area contributed by atoms with Crippen molar-refractivity contribution in [1.29, 1.82) is 0 Å². The summed E-state index contributed by atoms with van der Waals surface area (Å²) >= 11 is 0. The zero-order chi connectivity index (χ0) is 20.6. The number of aliphatic hydroxyl groups is 1. The van der Waals surface area contributed by atoms with Gasteiger partial charge in [0.15, 0.2) is 11.5 Å². The lowest BCUT2D eigenvalue weighted by Crippen LogP contribution is -2.72. The first-order valence-corrected chi connectivity index (χ1v) is 7.68. The third kappa shape index (κ3) is 3.46. The number of halogens is 3. The number of carbonyl (C=O) groups is 2. The van der Waals surface area contributed by atoms with Crippen LogP contribution in [0.25, 0.3) is 0 Å². The minimum atomic E-state index is -5.29. The van der Waals surface area contributed by atoms with Crippen molar-refractivity contribution in [2.45, 2.75) is 24.9 Å². The molecule has 1 fully saturated rings. The summed E-state index contributed by atoms with van der Waals surface area (Å²) in [6.45, 7) is 0.894. The molecule has 27 heavy (non-hydrogen) atoms. The number of benzene rings is 1. The Hall–Kier alpha value is -2.69. The Kier molecular flexibility index (Phi) is 5.45. The summed E-state index contributed by atoms with van der Waals surface area (Å²) in [6.07, 6.45) is -5.29. The van der Waals surface area contributed by atoms with Crippen molar-refractivity contribution in [3.63, 3.8) is 0 Å². The molecule has 2 rings (SSSR count). The molecule has 0 spiro atoms. The summed E-state index contributed by atoms with van der Waals surface area (Å²) < 4.78 is 55.9. The van der Waals surface area contributed by atoms with Gasteiger partial charge in [0.2, 0.25) is 11.5 Å². The number of ether oxygens (including phenoxy) is 3. The van der Waals surface area contributed by atoms with Crippen LogP contribution >= 0.6 is 0 Å². The van der Waals surface area contributed by atoms with Crippen LogP contribution < -0.4 is 24.8 Å². The topological polar surface area (TPSA) is 106 Å². The Morgan fingerprint density at radius 2 is 1.67 bits per heavy atom. The number of urea groups is 1. The Morgan fingerprint density at radius 1 is 1.15 bits per heavy atom. The Balaban J connectivity index is 2.68. The van der Waals surface area contributed by atoms with Gasteiger partial charge in [-0.25, -0.2) is 4.79 Å². The summed E-state index contributed by atoms with van der Waals surface area (Å²) in [5.41, 5.74) is -3.69. The molecule has 1 aromatic carbocycles. The van der Waals surface area contributed by atoms with Crippen LogP contribution in [0.5, 0.6) is 17.2 Å². The van der Waals surface area contributed by atoms with E-state index in [0.717, 1.165) is 6.92 Å². The number of amides is 2. The molecule has 150 valence electrons. The maximum atomic E-state index is 13.5. The molecule has 2 amide bonds. The van der Waals surface area contributed by atoms with Gasteiger partial charge in [-0.15, -0.1) is 0 Å². The van der Waals surface area contributed by atoms with Crippen molar-refractivity contribution in [2.24, 2.45) is 5.92 Å². The highest BCUT2D eigenvalue weighted by Crippen LogP contribution is 2.46. The van der Waals surface area contributed by atoms with Crippen molar-refractivity contribution >= 4 is 11.8 Å². The number of ketones is 1. The van der Waals surface area contributed by atoms with Crippen LogP contribution in [-0.2, 0) is 4.79 Å². The molecule has 0 radical (unpaired) electrons. The van der Waals surface area contributed by atoms with E-state index in [0.29, 0.717) is 0 Å². The number of rotatable bonds is 5. The van der Waals surface area contributed by atoms with Crippen molar-refractivity contribution in [3.05, 3.63) is 17.7 Å². The summed E-state index contributed by atoms with van der Waals surface area (Å²) in [4.78, 5) is 23.9. The van der Waals surface area contributed by atoms with Gasteiger partial charge in [0.1, 0.15) is 5.78 Å². The van der Waals surface area contributed by atoms with Crippen LogP contribution in [0.3, 0.4) is 0 Å². The van der Waals surface area contributed by atoms with Crippen molar-refractivity contribution < 1.29 is 42.1 Å². The maximum absolute atomic E-state index is 13.5. The molecule has 0 unspecified atom stereocenters. The van der Waals surface area contributed by atoms with Crippen molar-refractivity contribution in [2.75, 3.05) is 21.3 Å². The number of carbonyl (C=O) groups excluding carboxylic acids is 2. The van der Waals surface area contributed by atoms with E-state index in [2.05, 4.69) is 5.32 Å². The van der Waals surface area contributed by atoms with Crippen LogP contribution in [0.1, 0.15) is 18.5 Å². The normalized spacial score (nSPS) is 25.3. The number of hydrogen-bond donors (Lipinski definition) is 3. The average Bonchev–Trinajstić information content (AvgIpc) is 2.58. The highest BCUT2D eigenvalue weighted by molar-refractivity contribution is 5.86. The van der Waals surface area contributed by atoms with Crippen LogP contribution in [0.2, 0.25) is 0 Å². The Bertz CT molecular complexity index is 729. The van der Waals surface area contributed by atoms with Gasteiger partial charge < -0.3 is 30.0 Å². The van der Waals surface area contributed by atoms with Crippen LogP contribution in [0.4, 0.5) is 18.0 Å². The van der Waals surface area contributed by atoms with E-state index >= 15 is 0 Å². The number of methoxy groups -OCH3 is 3. The predicted molar refractivity (Wildman–Crippen MR) is 85.7 cm³/mol. The molecular formula is C16H19F3N2O6. The minimum absolute atomic E-state index is 0.0576. The first-order valence-electron chi connectivity index (χ1n) is 7.68. The summed E-state index contributed by atoms with van der Waals surface area (Å²) in [7, 11) is 3.94. The first kappa shape index (κ1) is 20.6. The molecule has 3 atom stereocenters. The second-order valence-corrected chi connectivity index (χ2v) is 5.89. The summed E-state index contributed by atoms with van der Waals surface area (Å²) in [5, 5.41) is 13.9. The molecule has 1 heterocycles. The third-order valence-electron chi connectivity index (χ3n) is 4.29. The smallest absolute Gasteiger partial charge is 0.437 e. The molecule has 1 aliphatic heterocycles. The lowest BCUT2D eigenvalue weighted by Gasteiger charge is -2.44. The van der Waals surface area contributed by atoms with Gasteiger partial charge in [-0.1, -0.05) is 0 Å². The molecule has 0 aliphatic carbocycles. The zero-order valence-corrected chi connectivity index (χ0v) is 14.9. The fourth-order valence-electron chi connectivity index (χ4n) is 3.09. The predicted octanol–water partition coefficient (Wildman–Crippen LogP) is 1.52. The molecule has 3 N–H and O–H groups in total. The van der Waals surface area contributed by atoms with E-state index in [1.165, 1.54) is 38.8 Å². The fourth-order valence-corrected chi connectivity index (χ4v) is 3.09. The molecule has 8 nitrogen and oxygen atoms in total. The maximum Gasteiger partial charge on any atom is 0.437 e. The Labute approximate surface area is 152 Å². The molecule has 1 aliphatic rings. The van der Waals surface area contributed by atoms with E-state index in [9.17, 15) is 27.9 Å². The largest absolute Gasteiger partial charge is 0.493 e. The van der Waals surface area contributed by atoms with Gasteiger partial charge in [-0.05, 0) is 24.6 Å². The Morgan fingerprint density at radius 3 is 2.04 bits per heavy atom. The fraction of sp³-hybridized carbons (Fsp3) is 0.500. The quantitative estimate of drug-likeness (QED) is 0.702. The van der Waals surface area contributed by atoms with Gasteiger partial charge in [-0.2, -0.15) is 13.2 Å². The van der Waals surface area contributed by atoms with E-state index in [1.54, 1.807) is 0 Å². The number of nitrogens with one attached hydrogen (secondary N) is 2.